The lowest BCUT2D eigenvalue weighted by Crippen LogP contribution is -2.00. The number of thiophene rings is 1. The molecule has 0 saturated carbocycles. The average molecular weight is 650 g/mol. The van der Waals surface area contributed by atoms with Crippen LogP contribution in [0, 0.1) is 0 Å². The molecule has 2 aromatic heterocycles. The molecular formula is C45H29N3S. The molecule has 0 aliphatic heterocycles. The van der Waals surface area contributed by atoms with Gasteiger partial charge in [0.25, 0.3) is 0 Å². The molecule has 0 aliphatic carbocycles. The zero-order valence-corrected chi connectivity index (χ0v) is 26.8. The van der Waals surface area contributed by atoms with Crippen molar-refractivity contribution in [3.63, 3.8) is 0 Å². The molecule has 0 amide bonds. The molecule has 0 atom stereocenters. The summed E-state index contributed by atoms with van der Waals surface area (Å²) in [7, 11) is 0. The van der Waals surface area contributed by atoms with Gasteiger partial charge in [-0.3, -0.25) is 0 Å². The number of fused-ring (bicyclic) bond motifs is 3. The van der Waals surface area contributed by atoms with Gasteiger partial charge in [0, 0.05) is 36.9 Å². The van der Waals surface area contributed by atoms with Crippen molar-refractivity contribution in [3.05, 3.63) is 176 Å². The van der Waals surface area contributed by atoms with Crippen molar-refractivity contribution in [2.24, 2.45) is 0 Å². The smallest absolute Gasteiger partial charge is 0.164 e. The molecule has 0 radical (unpaired) electrons. The summed E-state index contributed by atoms with van der Waals surface area (Å²) in [4.78, 5) is 14.4. The van der Waals surface area contributed by atoms with Gasteiger partial charge in [-0.15, -0.1) is 11.3 Å². The highest BCUT2D eigenvalue weighted by molar-refractivity contribution is 7.25. The van der Waals surface area contributed by atoms with Gasteiger partial charge in [0.15, 0.2) is 17.5 Å². The van der Waals surface area contributed by atoms with Crippen molar-refractivity contribution < 1.29 is 8.22 Å². The van der Waals surface area contributed by atoms with E-state index in [-0.39, 0.29) is 58.6 Å². The van der Waals surface area contributed by atoms with Crippen LogP contribution >= 0.6 is 11.3 Å². The lowest BCUT2D eigenvalue weighted by atomic mass is 9.99. The van der Waals surface area contributed by atoms with E-state index in [1.807, 2.05) is 140 Å². The second kappa shape index (κ2) is 12.4. The molecule has 0 N–H and O–H groups in total. The minimum atomic E-state index is -0.262. The van der Waals surface area contributed by atoms with Gasteiger partial charge in [-0.25, -0.2) is 15.0 Å². The number of benzene rings is 7. The molecular weight excluding hydrogens is 615 g/mol. The molecule has 0 fully saturated rings. The second-order valence-electron chi connectivity index (χ2n) is 11.6. The van der Waals surface area contributed by atoms with Gasteiger partial charge in [-0.05, 0) is 51.5 Å². The van der Waals surface area contributed by atoms with E-state index in [0.717, 1.165) is 44.7 Å². The monoisotopic (exact) mass is 649 g/mol. The van der Waals surface area contributed by atoms with Crippen LogP contribution in [-0.4, -0.2) is 15.0 Å². The zero-order chi connectivity index (χ0) is 37.8. The average Bonchev–Trinajstić information content (AvgIpc) is 3.65. The van der Waals surface area contributed by atoms with Crippen LogP contribution in [0.1, 0.15) is 8.22 Å². The van der Waals surface area contributed by atoms with Crippen molar-refractivity contribution in [1.82, 2.24) is 15.0 Å². The van der Waals surface area contributed by atoms with Crippen LogP contribution in [0.4, 0.5) is 0 Å². The van der Waals surface area contributed by atoms with E-state index >= 15 is 0 Å². The molecule has 230 valence electrons. The van der Waals surface area contributed by atoms with Gasteiger partial charge in [0.05, 0.1) is 8.22 Å². The molecule has 0 unspecified atom stereocenters. The summed E-state index contributed by atoms with van der Waals surface area (Å²) >= 11 is 1.09. The maximum atomic E-state index is 9.48. The highest BCUT2D eigenvalue weighted by Crippen LogP contribution is 2.39. The summed E-state index contributed by atoms with van der Waals surface area (Å²) in [6.45, 7) is 0. The van der Waals surface area contributed by atoms with Crippen LogP contribution in [0.25, 0.3) is 87.7 Å². The number of nitrogens with zero attached hydrogens (tertiary/aromatic N) is 3. The highest BCUT2D eigenvalue weighted by Gasteiger charge is 2.15. The van der Waals surface area contributed by atoms with Crippen LogP contribution < -0.4 is 0 Å². The van der Waals surface area contributed by atoms with Gasteiger partial charge in [-0.2, -0.15) is 0 Å². The van der Waals surface area contributed by atoms with Gasteiger partial charge in [-0.1, -0.05) is 158 Å². The first-order chi connectivity index (χ1) is 26.8. The van der Waals surface area contributed by atoms with Crippen molar-refractivity contribution in [3.8, 4) is 67.5 Å². The van der Waals surface area contributed by atoms with Crippen molar-refractivity contribution in [1.29, 1.82) is 0 Å². The quantitative estimate of drug-likeness (QED) is 0.180. The molecule has 0 spiro atoms. The first kappa shape index (κ1) is 23.2. The van der Waals surface area contributed by atoms with E-state index in [1.165, 1.54) is 0 Å². The van der Waals surface area contributed by atoms with Gasteiger partial charge >= 0.3 is 0 Å². The Labute approximate surface area is 297 Å². The first-order valence-electron chi connectivity index (χ1n) is 18.9. The Morgan fingerprint density at radius 1 is 0.327 bits per heavy atom. The lowest BCUT2D eigenvalue weighted by Gasteiger charge is -2.09. The Hall–Kier alpha value is -6.23. The van der Waals surface area contributed by atoms with Crippen LogP contribution in [0.15, 0.2) is 176 Å². The van der Waals surface area contributed by atoms with Crippen LogP contribution in [-0.2, 0) is 0 Å². The fourth-order valence-electron chi connectivity index (χ4n) is 5.88. The maximum absolute atomic E-state index is 9.48. The topological polar surface area (TPSA) is 38.7 Å². The van der Waals surface area contributed by atoms with Crippen LogP contribution in [0.2, 0.25) is 0 Å². The molecule has 4 heteroatoms. The third kappa shape index (κ3) is 5.69. The number of rotatable bonds is 6. The summed E-state index contributed by atoms with van der Waals surface area (Å²) in [5.74, 6) is 0.795. The molecule has 2 heterocycles. The fraction of sp³-hybridized carbons (Fsp3) is 0. The summed E-state index contributed by atoms with van der Waals surface area (Å²) < 4.78 is 56.1. The molecule has 0 bridgehead atoms. The van der Waals surface area contributed by atoms with Crippen molar-refractivity contribution in [2.75, 3.05) is 0 Å². The molecule has 9 aromatic rings. The minimum absolute atomic E-state index is 0.0116. The molecule has 3 nitrogen and oxygen atoms in total. The number of hydrogen-bond acceptors (Lipinski definition) is 4. The SMILES string of the molecule is [2H]c1c(-c2ccc(-c3ccccc3)cc2)c([2H])c2c(sc3c([2H])c(-c4nc(-c5ccccc5)nc(-c5ccc(-c6ccccc6)cc5)n4)c([2H])c([2H])c32)c1[2H]. The van der Waals surface area contributed by atoms with E-state index in [1.54, 1.807) is 0 Å². The van der Waals surface area contributed by atoms with Gasteiger partial charge in [0.1, 0.15) is 0 Å². The standard InChI is InChI=1S/C45H29N3S/c1-4-10-30(11-5-1)32-16-18-34(19-17-32)37-25-27-41-40(28-37)39-26-24-38(29-42(39)49-41)45-47-43(35-14-8-3-9-15-35)46-44(48-45)36-22-20-33(21-23-36)31-12-6-2-7-13-31/h1-29H/i24D,25D,26D,27D,28D,29D. The van der Waals surface area contributed by atoms with E-state index < -0.39 is 0 Å². The van der Waals surface area contributed by atoms with Crippen LogP contribution in [0.5, 0.6) is 0 Å². The maximum Gasteiger partial charge on any atom is 0.164 e. The van der Waals surface area contributed by atoms with Crippen molar-refractivity contribution in [2.45, 2.75) is 0 Å². The van der Waals surface area contributed by atoms with Gasteiger partial charge < -0.3 is 0 Å². The normalized spacial score (nSPS) is 13.0. The zero-order valence-electron chi connectivity index (χ0n) is 32.0. The predicted molar refractivity (Wildman–Crippen MR) is 205 cm³/mol. The second-order valence-corrected chi connectivity index (χ2v) is 12.6. The highest BCUT2D eigenvalue weighted by atomic mass is 32.1. The molecule has 0 aliphatic rings. The lowest BCUT2D eigenvalue weighted by molar-refractivity contribution is 1.07. The summed E-state index contributed by atoms with van der Waals surface area (Å²) in [5, 5.41) is 0.537. The largest absolute Gasteiger partial charge is 0.208 e. The summed E-state index contributed by atoms with van der Waals surface area (Å²) in [5.41, 5.74) is 6.51. The van der Waals surface area contributed by atoms with E-state index in [4.69, 9.17) is 17.7 Å². The Kier molecular flexibility index (Phi) is 5.87. The number of hydrogen-bond donors (Lipinski definition) is 0. The van der Waals surface area contributed by atoms with Crippen LogP contribution in [0.3, 0.4) is 0 Å². The molecule has 49 heavy (non-hydrogen) atoms. The molecule has 9 rings (SSSR count). The molecule has 0 saturated heterocycles. The Morgan fingerprint density at radius 2 is 0.735 bits per heavy atom. The fourth-order valence-corrected chi connectivity index (χ4v) is 6.85. The van der Waals surface area contributed by atoms with E-state index in [2.05, 4.69) is 0 Å². The summed E-state index contributed by atoms with van der Waals surface area (Å²) in [6.07, 6.45) is 0. The Balaban J connectivity index is 1.22. The third-order valence-corrected chi connectivity index (χ3v) is 9.45. The Bertz CT molecular complexity index is 2900. The number of aromatic nitrogens is 3. The van der Waals surface area contributed by atoms with Crippen molar-refractivity contribution >= 4 is 31.5 Å². The molecule has 7 aromatic carbocycles. The first-order valence-corrected chi connectivity index (χ1v) is 16.7. The third-order valence-electron chi connectivity index (χ3n) is 8.43. The van der Waals surface area contributed by atoms with E-state index in [0.29, 0.717) is 32.0 Å². The van der Waals surface area contributed by atoms with E-state index in [9.17, 15) is 5.48 Å². The van der Waals surface area contributed by atoms with Gasteiger partial charge in [0.2, 0.25) is 0 Å². The minimum Gasteiger partial charge on any atom is -0.208 e. The summed E-state index contributed by atoms with van der Waals surface area (Å²) in [6, 6.07) is 44.0. The predicted octanol–water partition coefficient (Wildman–Crippen LogP) is 12.2. The Morgan fingerprint density at radius 3 is 1.29 bits per heavy atom.